The largest absolute Gasteiger partial charge is 0.287 e. The van der Waals surface area contributed by atoms with Crippen LogP contribution in [0, 0.1) is 12.7 Å². The molecule has 0 aliphatic carbocycles. The highest BCUT2D eigenvalue weighted by Crippen LogP contribution is 2.27. The van der Waals surface area contributed by atoms with Crippen LogP contribution in [0.25, 0.3) is 11.3 Å². The number of thioether (sulfide) groups is 1. The van der Waals surface area contributed by atoms with Gasteiger partial charge in [-0.1, -0.05) is 29.4 Å². The van der Waals surface area contributed by atoms with Gasteiger partial charge in [0.1, 0.15) is 13.7 Å². The quantitative estimate of drug-likeness (QED) is 0.590. The van der Waals surface area contributed by atoms with Crippen molar-refractivity contribution in [1.29, 1.82) is 0 Å². The van der Waals surface area contributed by atoms with Crippen LogP contribution in [-0.2, 0) is 6.54 Å². The Morgan fingerprint density at radius 3 is 3.00 bits per heavy atom. The number of benzene rings is 1. The van der Waals surface area contributed by atoms with E-state index in [-0.39, 0.29) is 5.56 Å². The number of aromatic nitrogens is 2. The lowest BCUT2D eigenvalue weighted by atomic mass is 9.94. The van der Waals surface area contributed by atoms with Gasteiger partial charge in [-0.25, -0.2) is 9.37 Å². The van der Waals surface area contributed by atoms with Crippen molar-refractivity contribution in [3.8, 4) is 11.3 Å². The van der Waals surface area contributed by atoms with Crippen LogP contribution in [-0.4, -0.2) is 23.2 Å². The number of hydrogen-bond donors (Lipinski definition) is 0. The topological polar surface area (TPSA) is 34.9 Å². The lowest BCUT2D eigenvalue weighted by Crippen LogP contribution is -2.28. The Labute approximate surface area is 121 Å². The first-order chi connectivity index (χ1) is 9.58. The molecule has 100 valence electrons. The molecule has 20 heavy (non-hydrogen) atoms. The summed E-state index contributed by atoms with van der Waals surface area (Å²) in [5.74, 6) is 0.477. The SMILES string of the molecule is [B]c1ccc(-c2nc3n(c(=O)c2C)CCCS3)c(F)c1. The highest BCUT2D eigenvalue weighted by atomic mass is 32.2. The Morgan fingerprint density at radius 1 is 1.45 bits per heavy atom. The zero-order chi connectivity index (χ0) is 14.3. The molecule has 1 aromatic heterocycles. The summed E-state index contributed by atoms with van der Waals surface area (Å²) >= 11 is 1.53. The molecule has 1 aromatic carbocycles. The highest BCUT2D eigenvalue weighted by molar-refractivity contribution is 7.99. The summed E-state index contributed by atoms with van der Waals surface area (Å²) in [7, 11) is 5.55. The molecule has 6 heteroatoms. The van der Waals surface area contributed by atoms with Crippen LogP contribution in [0.1, 0.15) is 12.0 Å². The second kappa shape index (κ2) is 5.09. The average Bonchev–Trinajstić information content (AvgIpc) is 2.43. The minimum atomic E-state index is -0.453. The van der Waals surface area contributed by atoms with Gasteiger partial charge in [0.05, 0.1) is 5.69 Å². The second-order valence-corrected chi connectivity index (χ2v) is 5.83. The zero-order valence-corrected chi connectivity index (χ0v) is 11.8. The van der Waals surface area contributed by atoms with Crippen molar-refractivity contribution < 1.29 is 4.39 Å². The monoisotopic (exact) mass is 286 g/mol. The van der Waals surface area contributed by atoms with Gasteiger partial charge in [-0.05, 0) is 19.4 Å². The Hall–Kier alpha value is -1.56. The summed E-state index contributed by atoms with van der Waals surface area (Å²) in [5.41, 5.74) is 1.47. The normalized spacial score (nSPS) is 14.1. The fourth-order valence-electron chi connectivity index (χ4n) is 2.31. The average molecular weight is 286 g/mol. The first kappa shape index (κ1) is 13.4. The standard InChI is InChI=1S/C14H12BFN2OS/c1-8-12(10-4-3-9(15)7-11(10)16)17-14-18(13(8)19)5-2-6-20-14/h3-4,7H,2,5-6H2,1H3. The first-order valence-electron chi connectivity index (χ1n) is 6.37. The summed E-state index contributed by atoms with van der Waals surface area (Å²) in [4.78, 5) is 16.8. The van der Waals surface area contributed by atoms with E-state index in [0.717, 1.165) is 12.2 Å². The molecule has 0 atom stereocenters. The van der Waals surface area contributed by atoms with Gasteiger partial charge in [0.25, 0.3) is 5.56 Å². The van der Waals surface area contributed by atoms with Crippen LogP contribution in [0.15, 0.2) is 28.2 Å². The fourth-order valence-corrected chi connectivity index (χ4v) is 3.25. The minimum Gasteiger partial charge on any atom is -0.287 e. The maximum Gasteiger partial charge on any atom is 0.257 e. The molecule has 0 saturated heterocycles. The van der Waals surface area contributed by atoms with Crippen molar-refractivity contribution in [1.82, 2.24) is 9.55 Å². The molecular formula is C14H12BFN2OS. The number of rotatable bonds is 1. The second-order valence-electron chi connectivity index (χ2n) is 4.77. The zero-order valence-electron chi connectivity index (χ0n) is 11.0. The number of halogens is 1. The summed E-state index contributed by atoms with van der Waals surface area (Å²) < 4.78 is 15.7. The molecule has 0 N–H and O–H groups in total. The maximum atomic E-state index is 14.0. The molecule has 0 saturated carbocycles. The van der Waals surface area contributed by atoms with Crippen molar-refractivity contribution in [3.05, 3.63) is 39.9 Å². The lowest BCUT2D eigenvalue weighted by Gasteiger charge is -2.19. The van der Waals surface area contributed by atoms with Crippen LogP contribution in [0.3, 0.4) is 0 Å². The van der Waals surface area contributed by atoms with Crippen molar-refractivity contribution in [2.45, 2.75) is 25.0 Å². The number of hydrogen-bond acceptors (Lipinski definition) is 3. The highest BCUT2D eigenvalue weighted by Gasteiger charge is 2.19. The van der Waals surface area contributed by atoms with Gasteiger partial charge in [-0.3, -0.25) is 9.36 Å². The third-order valence-corrected chi connectivity index (χ3v) is 4.43. The third kappa shape index (κ3) is 2.18. The van der Waals surface area contributed by atoms with Crippen LogP contribution in [0.5, 0.6) is 0 Å². The lowest BCUT2D eigenvalue weighted by molar-refractivity contribution is 0.559. The van der Waals surface area contributed by atoms with Crippen LogP contribution >= 0.6 is 11.8 Å². The van der Waals surface area contributed by atoms with E-state index in [2.05, 4.69) is 4.98 Å². The van der Waals surface area contributed by atoms with Gasteiger partial charge in [0.15, 0.2) is 5.16 Å². The van der Waals surface area contributed by atoms with Gasteiger partial charge in [0.2, 0.25) is 0 Å². The molecule has 1 aliphatic heterocycles. The molecule has 0 unspecified atom stereocenters. The maximum absolute atomic E-state index is 14.0. The van der Waals surface area contributed by atoms with Gasteiger partial charge in [0, 0.05) is 23.4 Å². The molecule has 2 aromatic rings. The molecule has 1 aliphatic rings. The Balaban J connectivity index is 2.24. The summed E-state index contributed by atoms with van der Waals surface area (Å²) in [5, 5.41) is 0.665. The van der Waals surface area contributed by atoms with E-state index in [1.54, 1.807) is 23.6 Å². The van der Waals surface area contributed by atoms with Gasteiger partial charge < -0.3 is 0 Å². The van der Waals surface area contributed by atoms with Gasteiger partial charge >= 0.3 is 0 Å². The van der Waals surface area contributed by atoms with E-state index >= 15 is 0 Å². The van der Waals surface area contributed by atoms with Gasteiger partial charge in [-0.15, -0.1) is 0 Å². The smallest absolute Gasteiger partial charge is 0.257 e. The van der Waals surface area contributed by atoms with E-state index in [9.17, 15) is 9.18 Å². The molecule has 0 amide bonds. The summed E-state index contributed by atoms with van der Waals surface area (Å²) in [6.45, 7) is 2.37. The van der Waals surface area contributed by atoms with Crippen molar-refractivity contribution in [3.63, 3.8) is 0 Å². The molecule has 3 rings (SSSR count). The summed E-state index contributed by atoms with van der Waals surface area (Å²) in [6.07, 6.45) is 0.953. The van der Waals surface area contributed by atoms with Crippen molar-refractivity contribution >= 4 is 25.1 Å². The first-order valence-corrected chi connectivity index (χ1v) is 7.36. The third-order valence-electron chi connectivity index (χ3n) is 3.36. The van der Waals surface area contributed by atoms with E-state index in [0.29, 0.717) is 34.0 Å². The van der Waals surface area contributed by atoms with Gasteiger partial charge in [-0.2, -0.15) is 0 Å². The Morgan fingerprint density at radius 2 is 2.25 bits per heavy atom. The molecule has 0 fully saturated rings. The fraction of sp³-hybridized carbons (Fsp3) is 0.286. The predicted octanol–water partition coefficient (Wildman–Crippen LogP) is 1.65. The number of fused-ring (bicyclic) bond motifs is 1. The van der Waals surface area contributed by atoms with Crippen molar-refractivity contribution in [2.75, 3.05) is 5.75 Å². The van der Waals surface area contributed by atoms with Crippen LogP contribution in [0.4, 0.5) is 4.39 Å². The Bertz CT molecular complexity index is 745. The van der Waals surface area contributed by atoms with E-state index in [1.807, 2.05) is 0 Å². The molecule has 2 radical (unpaired) electrons. The number of nitrogens with zero attached hydrogens (tertiary/aromatic N) is 2. The van der Waals surface area contributed by atoms with Crippen LogP contribution in [0.2, 0.25) is 0 Å². The molecular weight excluding hydrogens is 274 g/mol. The predicted molar refractivity (Wildman–Crippen MR) is 79.4 cm³/mol. The Kier molecular flexibility index (Phi) is 3.42. The summed E-state index contributed by atoms with van der Waals surface area (Å²) in [6, 6.07) is 4.44. The van der Waals surface area contributed by atoms with Crippen molar-refractivity contribution in [2.24, 2.45) is 0 Å². The minimum absolute atomic E-state index is 0.0894. The molecule has 3 nitrogen and oxygen atoms in total. The van der Waals surface area contributed by atoms with Crippen LogP contribution < -0.4 is 11.0 Å². The van der Waals surface area contributed by atoms with E-state index in [1.165, 1.54) is 17.8 Å². The van der Waals surface area contributed by atoms with E-state index in [4.69, 9.17) is 7.85 Å². The van der Waals surface area contributed by atoms with E-state index < -0.39 is 5.82 Å². The molecule has 0 spiro atoms. The molecule has 2 heterocycles. The molecule has 0 bridgehead atoms.